The van der Waals surface area contributed by atoms with E-state index in [0.29, 0.717) is 36.6 Å². The molecule has 0 atom stereocenters. The predicted molar refractivity (Wildman–Crippen MR) is 159 cm³/mol. The van der Waals surface area contributed by atoms with E-state index in [4.69, 9.17) is 14.2 Å². The summed E-state index contributed by atoms with van der Waals surface area (Å²) in [6.07, 6.45) is 3.12. The van der Waals surface area contributed by atoms with Crippen LogP contribution in [-0.2, 0) is 27.8 Å². The van der Waals surface area contributed by atoms with Gasteiger partial charge in [-0.25, -0.2) is 8.42 Å². The normalized spacial score (nSPS) is 11.5. The number of aromatic nitrogens is 1. The zero-order valence-electron chi connectivity index (χ0n) is 23.9. The smallest absolute Gasteiger partial charge is 0.243 e. The summed E-state index contributed by atoms with van der Waals surface area (Å²) in [5, 5.41) is 1.10. The number of ether oxygens (including phenoxy) is 3. The van der Waals surface area contributed by atoms with Crippen molar-refractivity contribution in [2.45, 2.75) is 31.2 Å². The number of benzene rings is 3. The Labute approximate surface area is 241 Å². The van der Waals surface area contributed by atoms with Crippen molar-refractivity contribution in [2.75, 3.05) is 41.0 Å². The van der Waals surface area contributed by atoms with Gasteiger partial charge < -0.3 is 24.1 Å². The third-order valence-corrected chi connectivity index (χ3v) is 8.84. The second-order valence-electron chi connectivity index (χ2n) is 9.63. The number of fused-ring (bicyclic) bond motifs is 1. The Morgan fingerprint density at radius 3 is 2.29 bits per heavy atom. The quantitative estimate of drug-likeness (QED) is 0.229. The molecule has 4 rings (SSSR count). The summed E-state index contributed by atoms with van der Waals surface area (Å²) in [6.45, 7) is 2.51. The van der Waals surface area contributed by atoms with Crippen molar-refractivity contribution in [3.63, 3.8) is 0 Å². The molecule has 0 unspecified atom stereocenters. The van der Waals surface area contributed by atoms with Gasteiger partial charge in [-0.3, -0.25) is 4.79 Å². The second-order valence-corrected chi connectivity index (χ2v) is 11.6. The van der Waals surface area contributed by atoms with Crippen molar-refractivity contribution in [1.82, 2.24) is 14.2 Å². The molecule has 1 heterocycles. The van der Waals surface area contributed by atoms with Gasteiger partial charge in [-0.2, -0.15) is 4.31 Å². The summed E-state index contributed by atoms with van der Waals surface area (Å²) < 4.78 is 44.4. The van der Waals surface area contributed by atoms with Crippen LogP contribution in [0.5, 0.6) is 17.2 Å². The first kappa shape index (κ1) is 30.0. The molecule has 4 aromatic rings. The summed E-state index contributed by atoms with van der Waals surface area (Å²) in [7, 11) is 0.748. The number of sulfonamides is 1. The van der Waals surface area contributed by atoms with Gasteiger partial charge in [0.25, 0.3) is 0 Å². The minimum Gasteiger partial charge on any atom is -0.497 e. The number of H-pyrrole nitrogens is 1. The van der Waals surface area contributed by atoms with Crippen LogP contribution in [0.4, 0.5) is 0 Å². The molecule has 0 saturated heterocycles. The standard InChI is InChI=1S/C31H37N3O6S/c1-5-17-34(41(36,37)26-13-11-25(38-2)12-14-26)22-31(35)33(21-23-10-15-29(39-3)30(19-23)40-4)18-16-24-20-32-28-9-7-6-8-27(24)28/h6-15,19-20,32H,5,16-18,21-22H2,1-4H3. The average molecular weight is 580 g/mol. The molecule has 1 amide bonds. The monoisotopic (exact) mass is 579 g/mol. The largest absolute Gasteiger partial charge is 0.497 e. The van der Waals surface area contributed by atoms with Crippen LogP contribution < -0.4 is 14.2 Å². The van der Waals surface area contributed by atoms with E-state index < -0.39 is 10.0 Å². The number of rotatable bonds is 14. The average Bonchev–Trinajstić information content (AvgIpc) is 3.41. The lowest BCUT2D eigenvalue weighted by Crippen LogP contribution is -2.43. The zero-order valence-corrected chi connectivity index (χ0v) is 24.7. The highest BCUT2D eigenvalue weighted by Crippen LogP contribution is 2.28. The molecule has 0 saturated carbocycles. The summed E-state index contributed by atoms with van der Waals surface area (Å²) >= 11 is 0. The van der Waals surface area contributed by atoms with Gasteiger partial charge in [-0.1, -0.05) is 31.2 Å². The molecule has 0 aliphatic rings. The van der Waals surface area contributed by atoms with Crippen molar-refractivity contribution >= 4 is 26.8 Å². The van der Waals surface area contributed by atoms with Gasteiger partial charge in [0.05, 0.1) is 32.8 Å². The van der Waals surface area contributed by atoms with E-state index in [9.17, 15) is 13.2 Å². The lowest BCUT2D eigenvalue weighted by atomic mass is 10.1. The van der Waals surface area contributed by atoms with Crippen molar-refractivity contribution in [3.8, 4) is 17.2 Å². The molecule has 0 aliphatic heterocycles. The minimum atomic E-state index is -3.91. The topological polar surface area (TPSA) is 101 Å². The molecule has 218 valence electrons. The number of hydrogen-bond acceptors (Lipinski definition) is 6. The Morgan fingerprint density at radius 1 is 0.878 bits per heavy atom. The van der Waals surface area contributed by atoms with Gasteiger partial charge in [-0.15, -0.1) is 0 Å². The molecule has 3 aromatic carbocycles. The van der Waals surface area contributed by atoms with Crippen LogP contribution in [0.25, 0.3) is 10.9 Å². The fraction of sp³-hybridized carbons (Fsp3) is 0.323. The summed E-state index contributed by atoms with van der Waals surface area (Å²) in [4.78, 5) is 19.0. The second kappa shape index (κ2) is 13.6. The van der Waals surface area contributed by atoms with E-state index in [0.717, 1.165) is 22.0 Å². The number of hydrogen-bond donors (Lipinski definition) is 1. The van der Waals surface area contributed by atoms with E-state index >= 15 is 0 Å². The minimum absolute atomic E-state index is 0.116. The van der Waals surface area contributed by atoms with Gasteiger partial charge in [0.1, 0.15) is 5.75 Å². The molecular formula is C31H37N3O6S. The number of carbonyl (C=O) groups excluding carboxylic acids is 1. The molecular weight excluding hydrogens is 542 g/mol. The first-order valence-corrected chi connectivity index (χ1v) is 14.9. The fourth-order valence-corrected chi connectivity index (χ4v) is 6.25. The van der Waals surface area contributed by atoms with Crippen molar-refractivity contribution in [3.05, 3.63) is 84.1 Å². The van der Waals surface area contributed by atoms with Crippen LogP contribution in [-0.4, -0.2) is 69.5 Å². The molecule has 9 nitrogen and oxygen atoms in total. The maximum Gasteiger partial charge on any atom is 0.243 e. The first-order valence-electron chi connectivity index (χ1n) is 13.5. The molecule has 1 N–H and O–H groups in total. The Morgan fingerprint density at radius 2 is 1.61 bits per heavy atom. The number of nitrogens with one attached hydrogen (secondary N) is 1. The number of methoxy groups -OCH3 is 3. The van der Waals surface area contributed by atoms with Crippen LogP contribution in [0.1, 0.15) is 24.5 Å². The van der Waals surface area contributed by atoms with E-state index in [-0.39, 0.29) is 30.4 Å². The molecule has 0 radical (unpaired) electrons. The van der Waals surface area contributed by atoms with Crippen LogP contribution in [0.2, 0.25) is 0 Å². The van der Waals surface area contributed by atoms with Crippen LogP contribution >= 0.6 is 0 Å². The van der Waals surface area contributed by atoms with Crippen LogP contribution in [0.3, 0.4) is 0 Å². The Bertz CT molecular complexity index is 1570. The van der Waals surface area contributed by atoms with Crippen molar-refractivity contribution in [1.29, 1.82) is 0 Å². The highest BCUT2D eigenvalue weighted by Gasteiger charge is 2.28. The van der Waals surface area contributed by atoms with Gasteiger partial charge >= 0.3 is 0 Å². The van der Waals surface area contributed by atoms with E-state index in [1.165, 1.54) is 23.5 Å². The zero-order chi connectivity index (χ0) is 29.4. The maximum absolute atomic E-state index is 13.8. The lowest BCUT2D eigenvalue weighted by molar-refractivity contribution is -0.132. The van der Waals surface area contributed by atoms with Crippen molar-refractivity contribution < 1.29 is 27.4 Å². The number of para-hydroxylation sites is 1. The van der Waals surface area contributed by atoms with Gasteiger partial charge in [0.2, 0.25) is 15.9 Å². The van der Waals surface area contributed by atoms with E-state index in [1.807, 2.05) is 49.5 Å². The maximum atomic E-state index is 13.8. The highest BCUT2D eigenvalue weighted by atomic mass is 32.2. The first-order chi connectivity index (χ1) is 19.8. The highest BCUT2D eigenvalue weighted by molar-refractivity contribution is 7.89. The number of amides is 1. The van der Waals surface area contributed by atoms with E-state index in [1.54, 1.807) is 37.3 Å². The number of aromatic amines is 1. The molecule has 1 aromatic heterocycles. The van der Waals surface area contributed by atoms with E-state index in [2.05, 4.69) is 4.98 Å². The van der Waals surface area contributed by atoms with Gasteiger partial charge in [0.15, 0.2) is 11.5 Å². The molecule has 0 aliphatic carbocycles. The summed E-state index contributed by atoms with van der Waals surface area (Å²) in [6, 6.07) is 19.7. The molecule has 0 fully saturated rings. The molecule has 0 bridgehead atoms. The van der Waals surface area contributed by atoms with Gasteiger partial charge in [0, 0.05) is 36.7 Å². The van der Waals surface area contributed by atoms with Crippen molar-refractivity contribution in [2.24, 2.45) is 0 Å². The third-order valence-electron chi connectivity index (χ3n) is 6.98. The summed E-state index contributed by atoms with van der Waals surface area (Å²) in [5.41, 5.74) is 2.96. The van der Waals surface area contributed by atoms with Crippen LogP contribution in [0.15, 0.2) is 77.8 Å². The molecule has 41 heavy (non-hydrogen) atoms. The Kier molecular flexibility index (Phi) is 9.91. The molecule has 10 heteroatoms. The van der Waals surface area contributed by atoms with Crippen LogP contribution in [0, 0.1) is 0 Å². The predicted octanol–water partition coefficient (Wildman–Crippen LogP) is 4.87. The SMILES string of the molecule is CCCN(CC(=O)N(CCc1c[nH]c2ccccc12)Cc1ccc(OC)c(OC)c1)S(=O)(=O)c1ccc(OC)cc1. The summed E-state index contributed by atoms with van der Waals surface area (Å²) in [5.74, 6) is 1.42. The number of carbonyl (C=O) groups is 1. The Hall–Kier alpha value is -4.02. The Balaban J connectivity index is 1.60. The molecule has 0 spiro atoms. The number of nitrogens with zero attached hydrogens (tertiary/aromatic N) is 2. The third kappa shape index (κ3) is 7.01. The van der Waals surface area contributed by atoms with Gasteiger partial charge in [-0.05, 0) is 66.4 Å². The fourth-order valence-electron chi connectivity index (χ4n) is 4.77. The lowest BCUT2D eigenvalue weighted by Gasteiger charge is -2.27.